The number of fused-ring (bicyclic) bond motifs is 7. The first kappa shape index (κ1) is 21.7. The highest BCUT2D eigenvalue weighted by Gasteiger charge is 2.19. The van der Waals surface area contributed by atoms with E-state index < -0.39 is 17.5 Å². The molecule has 1 aromatic heterocycles. The van der Waals surface area contributed by atoms with Crippen LogP contribution in [0, 0.1) is 17.5 Å². The van der Waals surface area contributed by atoms with Crippen LogP contribution < -0.4 is 5.32 Å². The van der Waals surface area contributed by atoms with Crippen LogP contribution in [0.1, 0.15) is 42.4 Å². The molecule has 0 amide bonds. The Morgan fingerprint density at radius 3 is 2.55 bits per heavy atom. The van der Waals surface area contributed by atoms with Crippen LogP contribution in [0.4, 0.5) is 24.8 Å². The van der Waals surface area contributed by atoms with Crippen LogP contribution in [0.2, 0.25) is 0 Å². The van der Waals surface area contributed by atoms with E-state index in [1.165, 1.54) is 17.7 Å². The average molecular weight is 444 g/mol. The molecule has 0 aliphatic carbocycles. The van der Waals surface area contributed by atoms with Gasteiger partial charge in [-0.3, -0.25) is 0 Å². The van der Waals surface area contributed by atoms with E-state index in [9.17, 15) is 8.78 Å². The predicted octanol–water partition coefficient (Wildman–Crippen LogP) is 6.44. The number of thiol groups is 1. The molecule has 1 aliphatic heterocycles. The summed E-state index contributed by atoms with van der Waals surface area (Å²) in [5, 5.41) is 3.12. The Balaban J connectivity index is 1.80. The third-order valence-electron chi connectivity index (χ3n) is 5.54. The summed E-state index contributed by atoms with van der Waals surface area (Å²) in [4.78, 5) is 8.24. The van der Waals surface area contributed by atoms with E-state index in [1.54, 1.807) is 0 Å². The molecular weight excluding hydrogens is 419 g/mol. The smallest absolute Gasteiger partial charge is 0.227 e. The SMILES string of the molecule is Fc1cnc2nc1-c1ccc(F)c(c1F)CCCCCCc1cc(CCS)cc(c1)N2. The summed E-state index contributed by atoms with van der Waals surface area (Å²) in [6.45, 7) is 0. The Labute approximate surface area is 185 Å². The fraction of sp³-hybridized carbons (Fsp3) is 0.333. The highest BCUT2D eigenvalue weighted by atomic mass is 32.1. The number of hydrogen-bond donors (Lipinski definition) is 2. The molecule has 4 rings (SSSR count). The van der Waals surface area contributed by atoms with E-state index in [4.69, 9.17) is 0 Å². The first-order valence-corrected chi connectivity index (χ1v) is 11.2. The Hall–Kier alpha value is -2.54. The van der Waals surface area contributed by atoms with Gasteiger partial charge in [-0.15, -0.1) is 0 Å². The van der Waals surface area contributed by atoms with Crippen LogP contribution in [-0.2, 0) is 19.3 Å². The van der Waals surface area contributed by atoms with Crippen LogP contribution in [0.15, 0.2) is 36.5 Å². The zero-order chi connectivity index (χ0) is 21.8. The fourth-order valence-corrected chi connectivity index (χ4v) is 4.25. The Kier molecular flexibility index (Phi) is 6.80. The van der Waals surface area contributed by atoms with E-state index in [0.29, 0.717) is 6.42 Å². The second-order valence-electron chi connectivity index (χ2n) is 7.83. The van der Waals surface area contributed by atoms with Crippen molar-refractivity contribution in [2.75, 3.05) is 11.1 Å². The standard InChI is InChI=1S/C24H24F3N3S/c25-20-8-7-19-22(27)18(20)6-4-2-1-3-5-15-11-16(9-10-31)13-17(12-15)29-24-28-14-21(26)23(19)30-24/h7-8,11-14,31H,1-6,9-10H2,(H,28,29,30). The molecule has 0 saturated carbocycles. The summed E-state index contributed by atoms with van der Waals surface area (Å²) in [5.74, 6) is -1.24. The molecule has 0 radical (unpaired) electrons. The third kappa shape index (κ3) is 5.03. The first-order valence-electron chi connectivity index (χ1n) is 10.6. The van der Waals surface area contributed by atoms with Crippen molar-refractivity contribution < 1.29 is 13.2 Å². The zero-order valence-electron chi connectivity index (χ0n) is 17.1. The van der Waals surface area contributed by atoms with E-state index >= 15 is 4.39 Å². The highest BCUT2D eigenvalue weighted by Crippen LogP contribution is 2.30. The number of aromatic nitrogens is 2. The molecule has 0 atom stereocenters. The summed E-state index contributed by atoms with van der Waals surface area (Å²) in [5.41, 5.74) is 2.87. The van der Waals surface area contributed by atoms with Crippen molar-refractivity contribution in [3.8, 4) is 11.3 Å². The number of benzene rings is 2. The van der Waals surface area contributed by atoms with Gasteiger partial charge in [-0.2, -0.15) is 12.6 Å². The number of nitrogens with one attached hydrogen (secondary N) is 1. The first-order chi connectivity index (χ1) is 15.0. The molecule has 0 spiro atoms. The maximum Gasteiger partial charge on any atom is 0.227 e. The second-order valence-corrected chi connectivity index (χ2v) is 8.28. The van der Waals surface area contributed by atoms with Gasteiger partial charge in [0.2, 0.25) is 5.95 Å². The van der Waals surface area contributed by atoms with Gasteiger partial charge in [0.25, 0.3) is 0 Å². The lowest BCUT2D eigenvalue weighted by atomic mass is 9.98. The minimum Gasteiger partial charge on any atom is -0.324 e. The summed E-state index contributed by atoms with van der Waals surface area (Å²) < 4.78 is 43.9. The van der Waals surface area contributed by atoms with Crippen molar-refractivity contribution in [2.24, 2.45) is 0 Å². The zero-order valence-corrected chi connectivity index (χ0v) is 18.0. The molecule has 0 saturated heterocycles. The van der Waals surface area contributed by atoms with Crippen molar-refractivity contribution in [1.82, 2.24) is 9.97 Å². The maximum atomic E-state index is 15.1. The lowest BCUT2D eigenvalue weighted by molar-refractivity contribution is 0.541. The monoisotopic (exact) mass is 443 g/mol. The molecule has 1 aliphatic rings. The number of hydrogen-bond acceptors (Lipinski definition) is 4. The lowest BCUT2D eigenvalue weighted by Gasteiger charge is -2.14. The summed E-state index contributed by atoms with van der Waals surface area (Å²) in [6, 6.07) is 8.62. The largest absolute Gasteiger partial charge is 0.324 e. The van der Waals surface area contributed by atoms with Gasteiger partial charge in [-0.1, -0.05) is 18.9 Å². The lowest BCUT2D eigenvalue weighted by Crippen LogP contribution is -2.05. The van der Waals surface area contributed by atoms with Gasteiger partial charge >= 0.3 is 0 Å². The number of nitrogens with zero attached hydrogens (tertiary/aromatic N) is 2. The van der Waals surface area contributed by atoms with Crippen LogP contribution >= 0.6 is 12.6 Å². The fourth-order valence-electron chi connectivity index (χ4n) is 3.99. The van der Waals surface area contributed by atoms with Gasteiger partial charge in [-0.05, 0) is 73.2 Å². The highest BCUT2D eigenvalue weighted by molar-refractivity contribution is 7.80. The van der Waals surface area contributed by atoms with Crippen LogP contribution in [0.25, 0.3) is 11.3 Å². The van der Waals surface area contributed by atoms with Crippen molar-refractivity contribution in [3.63, 3.8) is 0 Å². The second kappa shape index (κ2) is 9.73. The number of halogens is 3. The van der Waals surface area contributed by atoms with Crippen molar-refractivity contribution in [1.29, 1.82) is 0 Å². The summed E-state index contributed by atoms with van der Waals surface area (Å²) in [6.07, 6.45) is 6.51. The van der Waals surface area contributed by atoms with Crippen molar-refractivity contribution >= 4 is 24.3 Å². The van der Waals surface area contributed by atoms with Gasteiger partial charge in [0, 0.05) is 16.8 Å². The van der Waals surface area contributed by atoms with Crippen molar-refractivity contribution in [3.05, 3.63) is 70.7 Å². The number of rotatable bonds is 2. The summed E-state index contributed by atoms with van der Waals surface area (Å²) in [7, 11) is 0. The molecule has 3 nitrogen and oxygen atoms in total. The Morgan fingerprint density at radius 2 is 1.74 bits per heavy atom. The summed E-state index contributed by atoms with van der Waals surface area (Å²) >= 11 is 4.34. The molecule has 1 N–H and O–H groups in total. The van der Waals surface area contributed by atoms with Gasteiger partial charge in [0.1, 0.15) is 17.3 Å². The average Bonchev–Trinajstić information content (AvgIpc) is 2.74. The normalized spacial score (nSPS) is 14.2. The van der Waals surface area contributed by atoms with Gasteiger partial charge < -0.3 is 5.32 Å². The van der Waals surface area contributed by atoms with Crippen LogP contribution in [0.5, 0.6) is 0 Å². The molecular formula is C24H24F3N3S. The molecule has 162 valence electrons. The minimum absolute atomic E-state index is 0.0151. The molecule has 2 heterocycles. The molecule has 31 heavy (non-hydrogen) atoms. The third-order valence-corrected chi connectivity index (χ3v) is 5.76. The quantitative estimate of drug-likeness (QED) is 0.448. The molecule has 2 aromatic carbocycles. The van der Waals surface area contributed by atoms with E-state index in [0.717, 1.165) is 55.3 Å². The van der Waals surface area contributed by atoms with Gasteiger partial charge in [0.05, 0.1) is 6.20 Å². The van der Waals surface area contributed by atoms with E-state index in [-0.39, 0.29) is 29.2 Å². The van der Waals surface area contributed by atoms with Crippen molar-refractivity contribution in [2.45, 2.75) is 44.9 Å². The molecule has 0 unspecified atom stereocenters. The maximum absolute atomic E-state index is 15.1. The molecule has 7 heteroatoms. The topological polar surface area (TPSA) is 37.8 Å². The molecule has 0 fully saturated rings. The van der Waals surface area contributed by atoms with Gasteiger partial charge in [-0.25, -0.2) is 23.1 Å². The van der Waals surface area contributed by atoms with Crippen LogP contribution in [0.3, 0.4) is 0 Å². The molecule has 6 bridgehead atoms. The number of anilines is 2. The molecule has 3 aromatic rings. The number of aryl methyl sites for hydroxylation is 2. The minimum atomic E-state index is -0.757. The van der Waals surface area contributed by atoms with Crippen LogP contribution in [-0.4, -0.2) is 15.7 Å². The van der Waals surface area contributed by atoms with E-state index in [2.05, 4.69) is 34.0 Å². The Morgan fingerprint density at radius 1 is 0.935 bits per heavy atom. The Bertz CT molecular complexity index is 1090. The van der Waals surface area contributed by atoms with E-state index in [1.807, 2.05) is 12.1 Å². The van der Waals surface area contributed by atoms with Gasteiger partial charge in [0.15, 0.2) is 5.82 Å². The predicted molar refractivity (Wildman–Crippen MR) is 120 cm³/mol.